The molecule has 5 rings (SSSR count). The van der Waals surface area contributed by atoms with Gasteiger partial charge in [0.05, 0.1) is 24.6 Å². The summed E-state index contributed by atoms with van der Waals surface area (Å²) in [6.07, 6.45) is 2.45. The van der Waals surface area contributed by atoms with Crippen molar-refractivity contribution in [2.24, 2.45) is 13.0 Å². The van der Waals surface area contributed by atoms with Crippen molar-refractivity contribution in [3.05, 3.63) is 69.8 Å². The Morgan fingerprint density at radius 2 is 1.93 bits per heavy atom. The predicted octanol–water partition coefficient (Wildman–Crippen LogP) is 3.14. The summed E-state index contributed by atoms with van der Waals surface area (Å²) in [5.74, 6) is 2.84. The first-order valence-corrected chi connectivity index (χ1v) is 10.3. The molecule has 30 heavy (non-hydrogen) atoms. The Kier molecular flexibility index (Phi) is 4.55. The molecule has 1 atom stereocenters. The minimum atomic E-state index is -0.0535. The van der Waals surface area contributed by atoms with Crippen LogP contribution in [0.2, 0.25) is 0 Å². The molecular formula is C23H25N5O2. The van der Waals surface area contributed by atoms with E-state index in [1.807, 2.05) is 41.7 Å². The summed E-state index contributed by atoms with van der Waals surface area (Å²) in [7, 11) is 3.43. The van der Waals surface area contributed by atoms with Crippen molar-refractivity contribution in [3.63, 3.8) is 0 Å². The number of methoxy groups -OCH3 is 1. The SMILES string of the molecule is COc1ccc(C(NCc2nnc3n(C)c(=O)c4cc(C)ccc4n23)C2CC2)cc1. The van der Waals surface area contributed by atoms with E-state index in [0.717, 1.165) is 22.7 Å². The summed E-state index contributed by atoms with van der Waals surface area (Å²) in [6.45, 7) is 2.56. The first-order chi connectivity index (χ1) is 14.6. The molecule has 1 fully saturated rings. The molecule has 1 saturated carbocycles. The molecule has 1 N–H and O–H groups in total. The van der Waals surface area contributed by atoms with Crippen LogP contribution >= 0.6 is 0 Å². The predicted molar refractivity (Wildman–Crippen MR) is 116 cm³/mol. The standard InChI is InChI=1S/C23H25N5O2/c1-14-4-11-19-18(12-14)22(29)27(2)23-26-25-20(28(19)23)13-24-21(15-5-6-15)16-7-9-17(30-3)10-8-16/h4,7-12,15,21,24H,5-6,13H2,1-3H3. The molecule has 0 spiro atoms. The van der Waals surface area contributed by atoms with Crippen LogP contribution in [-0.4, -0.2) is 26.3 Å². The number of fused-ring (bicyclic) bond motifs is 3. The van der Waals surface area contributed by atoms with Crippen LogP contribution in [0.5, 0.6) is 5.75 Å². The van der Waals surface area contributed by atoms with E-state index >= 15 is 0 Å². The molecule has 0 bridgehead atoms. The third-order valence-electron chi connectivity index (χ3n) is 5.99. The average molecular weight is 403 g/mol. The van der Waals surface area contributed by atoms with Gasteiger partial charge in [-0.15, -0.1) is 10.2 Å². The number of hydrogen-bond acceptors (Lipinski definition) is 5. The van der Waals surface area contributed by atoms with E-state index in [2.05, 4.69) is 27.6 Å². The molecule has 0 aliphatic heterocycles. The van der Waals surface area contributed by atoms with E-state index < -0.39 is 0 Å². The van der Waals surface area contributed by atoms with Crippen LogP contribution in [0.25, 0.3) is 16.7 Å². The first-order valence-electron chi connectivity index (χ1n) is 10.3. The van der Waals surface area contributed by atoms with Gasteiger partial charge in [-0.25, -0.2) is 0 Å². The Bertz CT molecular complexity index is 1290. The Labute approximate surface area is 174 Å². The molecule has 7 heteroatoms. The maximum Gasteiger partial charge on any atom is 0.262 e. The summed E-state index contributed by atoms with van der Waals surface area (Å²) in [6, 6.07) is 14.4. The Morgan fingerprint density at radius 1 is 1.17 bits per heavy atom. The minimum absolute atomic E-state index is 0.0535. The highest BCUT2D eigenvalue weighted by molar-refractivity contribution is 5.81. The fourth-order valence-electron chi connectivity index (χ4n) is 4.17. The minimum Gasteiger partial charge on any atom is -0.497 e. The Balaban J connectivity index is 1.52. The number of nitrogens with zero attached hydrogens (tertiary/aromatic N) is 4. The molecule has 1 aliphatic rings. The van der Waals surface area contributed by atoms with E-state index in [1.54, 1.807) is 18.7 Å². The Hall–Kier alpha value is -3.19. The van der Waals surface area contributed by atoms with Gasteiger partial charge in [-0.05, 0) is 55.5 Å². The molecule has 2 aromatic carbocycles. The molecule has 2 aromatic heterocycles. The van der Waals surface area contributed by atoms with Crippen molar-refractivity contribution < 1.29 is 4.74 Å². The summed E-state index contributed by atoms with van der Waals surface area (Å²) in [5.41, 5.74) is 3.09. The van der Waals surface area contributed by atoms with Crippen molar-refractivity contribution in [1.82, 2.24) is 24.5 Å². The molecule has 1 unspecified atom stereocenters. The van der Waals surface area contributed by atoms with Gasteiger partial charge in [-0.2, -0.15) is 0 Å². The smallest absolute Gasteiger partial charge is 0.262 e. The molecule has 7 nitrogen and oxygen atoms in total. The number of hydrogen-bond donors (Lipinski definition) is 1. The summed E-state index contributed by atoms with van der Waals surface area (Å²) >= 11 is 0. The first kappa shape index (κ1) is 18.8. The van der Waals surface area contributed by atoms with Crippen molar-refractivity contribution in [2.75, 3.05) is 7.11 Å². The molecule has 1 aliphatic carbocycles. The second kappa shape index (κ2) is 7.25. The number of nitrogens with one attached hydrogen (secondary N) is 1. The van der Waals surface area contributed by atoms with Gasteiger partial charge in [0.15, 0.2) is 5.82 Å². The van der Waals surface area contributed by atoms with E-state index in [-0.39, 0.29) is 11.6 Å². The lowest BCUT2D eigenvalue weighted by molar-refractivity contribution is 0.413. The average Bonchev–Trinajstić information content (AvgIpc) is 3.51. The molecule has 2 heterocycles. The molecular weight excluding hydrogens is 378 g/mol. The lowest BCUT2D eigenvalue weighted by Crippen LogP contribution is -2.25. The molecule has 154 valence electrons. The number of benzene rings is 2. The Morgan fingerprint density at radius 3 is 2.63 bits per heavy atom. The zero-order valence-corrected chi connectivity index (χ0v) is 17.4. The second-order valence-corrected chi connectivity index (χ2v) is 8.11. The van der Waals surface area contributed by atoms with Crippen LogP contribution in [0.4, 0.5) is 0 Å². The topological polar surface area (TPSA) is 73.4 Å². The fourth-order valence-corrected chi connectivity index (χ4v) is 4.17. The number of rotatable bonds is 6. The number of aryl methyl sites for hydroxylation is 2. The monoisotopic (exact) mass is 403 g/mol. The van der Waals surface area contributed by atoms with Gasteiger partial charge in [0.25, 0.3) is 5.56 Å². The van der Waals surface area contributed by atoms with Crippen LogP contribution < -0.4 is 15.6 Å². The highest BCUT2D eigenvalue weighted by atomic mass is 16.5. The van der Waals surface area contributed by atoms with Crippen molar-refractivity contribution >= 4 is 16.7 Å². The van der Waals surface area contributed by atoms with Gasteiger partial charge in [-0.3, -0.25) is 13.8 Å². The van der Waals surface area contributed by atoms with Crippen molar-refractivity contribution in [3.8, 4) is 5.75 Å². The molecule has 0 amide bonds. The van der Waals surface area contributed by atoms with Crippen molar-refractivity contribution in [1.29, 1.82) is 0 Å². The van der Waals surface area contributed by atoms with Crippen LogP contribution in [0, 0.1) is 12.8 Å². The third kappa shape index (κ3) is 3.15. The largest absolute Gasteiger partial charge is 0.497 e. The van der Waals surface area contributed by atoms with Gasteiger partial charge in [0.1, 0.15) is 5.75 Å². The molecule has 0 saturated heterocycles. The summed E-state index contributed by atoms with van der Waals surface area (Å²) in [4.78, 5) is 12.8. The zero-order chi connectivity index (χ0) is 20.8. The maximum atomic E-state index is 12.8. The molecule has 4 aromatic rings. The van der Waals surface area contributed by atoms with Crippen molar-refractivity contribution in [2.45, 2.75) is 32.4 Å². The van der Waals surface area contributed by atoms with Gasteiger partial charge in [0, 0.05) is 13.1 Å². The van der Waals surface area contributed by atoms with E-state index in [4.69, 9.17) is 4.74 Å². The van der Waals surface area contributed by atoms with E-state index in [0.29, 0.717) is 23.6 Å². The quantitative estimate of drug-likeness (QED) is 0.535. The highest BCUT2D eigenvalue weighted by Crippen LogP contribution is 2.41. The van der Waals surface area contributed by atoms with Crippen LogP contribution in [-0.2, 0) is 13.6 Å². The number of ether oxygens (including phenoxy) is 1. The molecule has 0 radical (unpaired) electrons. The van der Waals surface area contributed by atoms with E-state index in [1.165, 1.54) is 18.4 Å². The van der Waals surface area contributed by atoms with Gasteiger partial charge >= 0.3 is 0 Å². The van der Waals surface area contributed by atoms with Crippen LogP contribution in [0.15, 0.2) is 47.3 Å². The van der Waals surface area contributed by atoms with Gasteiger partial charge in [0.2, 0.25) is 5.78 Å². The van der Waals surface area contributed by atoms with Crippen LogP contribution in [0.1, 0.15) is 35.8 Å². The van der Waals surface area contributed by atoms with Gasteiger partial charge < -0.3 is 10.1 Å². The summed E-state index contributed by atoms with van der Waals surface area (Å²) in [5, 5.41) is 13.1. The summed E-state index contributed by atoms with van der Waals surface area (Å²) < 4.78 is 8.85. The lowest BCUT2D eigenvalue weighted by Gasteiger charge is -2.19. The fraction of sp³-hybridized carbons (Fsp3) is 0.348. The number of aromatic nitrogens is 4. The van der Waals surface area contributed by atoms with Crippen LogP contribution in [0.3, 0.4) is 0 Å². The second-order valence-electron chi connectivity index (χ2n) is 8.11. The highest BCUT2D eigenvalue weighted by Gasteiger charge is 2.32. The van der Waals surface area contributed by atoms with Gasteiger partial charge in [-0.1, -0.05) is 23.8 Å². The lowest BCUT2D eigenvalue weighted by atomic mass is 10.0. The normalized spacial score (nSPS) is 15.0. The maximum absolute atomic E-state index is 12.8. The zero-order valence-electron chi connectivity index (χ0n) is 17.4. The van der Waals surface area contributed by atoms with E-state index in [9.17, 15) is 4.79 Å². The third-order valence-corrected chi connectivity index (χ3v) is 5.99.